The van der Waals surface area contributed by atoms with Crippen LogP contribution in [0.3, 0.4) is 0 Å². The lowest BCUT2D eigenvalue weighted by atomic mass is 10.2. The quantitative estimate of drug-likeness (QED) is 0.505. The van der Waals surface area contributed by atoms with Gasteiger partial charge in [-0.05, 0) is 30.7 Å². The fraction of sp³-hybridized carbons (Fsp3) is 0.130. The molecule has 0 spiro atoms. The van der Waals surface area contributed by atoms with Gasteiger partial charge in [0.1, 0.15) is 5.75 Å². The van der Waals surface area contributed by atoms with Crippen LogP contribution in [0.25, 0.3) is 6.08 Å². The predicted molar refractivity (Wildman–Crippen MR) is 112 cm³/mol. The van der Waals surface area contributed by atoms with E-state index in [-0.39, 0.29) is 11.4 Å². The molecule has 0 saturated carbocycles. The molecular weight excluding hydrogens is 389 g/mol. The van der Waals surface area contributed by atoms with E-state index >= 15 is 4.39 Å². The first-order valence-corrected chi connectivity index (χ1v) is 10.5. The van der Waals surface area contributed by atoms with Crippen molar-refractivity contribution in [2.45, 2.75) is 18.4 Å². The van der Waals surface area contributed by atoms with E-state index in [0.717, 1.165) is 9.87 Å². The van der Waals surface area contributed by atoms with Crippen LogP contribution in [0.15, 0.2) is 89.7 Å². The van der Waals surface area contributed by atoms with Gasteiger partial charge < -0.3 is 4.74 Å². The summed E-state index contributed by atoms with van der Waals surface area (Å²) in [6.07, 6.45) is 1.17. The van der Waals surface area contributed by atoms with Crippen LogP contribution < -0.4 is 4.74 Å². The molecular formula is C23H22FNO3S. The van der Waals surface area contributed by atoms with Gasteiger partial charge in [-0.1, -0.05) is 66.2 Å². The Morgan fingerprint density at radius 1 is 0.966 bits per heavy atom. The molecule has 0 atom stereocenters. The molecule has 0 unspecified atom stereocenters. The predicted octanol–water partition coefficient (Wildman–Crippen LogP) is 5.16. The second-order valence-electron chi connectivity index (χ2n) is 6.52. The molecule has 4 nitrogen and oxygen atoms in total. The second kappa shape index (κ2) is 8.92. The first-order chi connectivity index (χ1) is 13.9. The molecule has 0 bridgehead atoms. The fourth-order valence-electron chi connectivity index (χ4n) is 2.85. The normalized spacial score (nSPS) is 11.9. The fourth-order valence-corrected chi connectivity index (χ4v) is 4.18. The maximum absolute atomic E-state index is 15.4. The van der Waals surface area contributed by atoms with Crippen LogP contribution in [0.5, 0.6) is 5.75 Å². The van der Waals surface area contributed by atoms with Crippen LogP contribution in [0, 0.1) is 6.92 Å². The molecule has 0 aromatic heterocycles. The molecule has 3 rings (SSSR count). The van der Waals surface area contributed by atoms with Crippen molar-refractivity contribution in [2.75, 3.05) is 7.11 Å². The van der Waals surface area contributed by atoms with Crippen LogP contribution >= 0.6 is 0 Å². The SMILES string of the molecule is COc1ccccc1/C=C(/F)N(Cc1ccccc1)S(=O)(=O)c1ccc(C)cc1. The number of aryl methyl sites for hydroxylation is 1. The maximum atomic E-state index is 15.4. The summed E-state index contributed by atoms with van der Waals surface area (Å²) in [5.74, 6) is -0.436. The summed E-state index contributed by atoms with van der Waals surface area (Å²) in [5.41, 5.74) is 2.04. The van der Waals surface area contributed by atoms with Crippen LogP contribution in [0.1, 0.15) is 16.7 Å². The average molecular weight is 411 g/mol. The third-order valence-electron chi connectivity index (χ3n) is 4.43. The third kappa shape index (κ3) is 4.84. The Hall–Kier alpha value is -3.12. The lowest BCUT2D eigenvalue weighted by Gasteiger charge is -2.23. The second-order valence-corrected chi connectivity index (χ2v) is 8.38. The number of benzene rings is 3. The van der Waals surface area contributed by atoms with Gasteiger partial charge in [0.15, 0.2) is 0 Å². The van der Waals surface area contributed by atoms with Crippen molar-refractivity contribution >= 4 is 16.1 Å². The van der Waals surface area contributed by atoms with E-state index in [1.807, 2.05) is 13.0 Å². The number of hydrogen-bond acceptors (Lipinski definition) is 3. The lowest BCUT2D eigenvalue weighted by molar-refractivity contribution is 0.383. The first kappa shape index (κ1) is 20.6. The van der Waals surface area contributed by atoms with Crippen molar-refractivity contribution in [1.29, 1.82) is 0 Å². The van der Waals surface area contributed by atoms with Crippen molar-refractivity contribution in [3.8, 4) is 5.75 Å². The summed E-state index contributed by atoms with van der Waals surface area (Å²) >= 11 is 0. The zero-order valence-corrected chi connectivity index (χ0v) is 17.1. The number of ether oxygens (including phenoxy) is 1. The molecule has 0 aliphatic carbocycles. The molecule has 0 aliphatic rings. The molecule has 6 heteroatoms. The average Bonchev–Trinajstić information content (AvgIpc) is 2.73. The van der Waals surface area contributed by atoms with Crippen molar-refractivity contribution < 1.29 is 17.5 Å². The zero-order valence-electron chi connectivity index (χ0n) is 16.2. The molecule has 29 heavy (non-hydrogen) atoms. The van der Waals surface area contributed by atoms with Crippen LogP contribution in [-0.4, -0.2) is 19.8 Å². The van der Waals surface area contributed by atoms with Gasteiger partial charge in [-0.15, -0.1) is 0 Å². The molecule has 0 amide bonds. The van der Waals surface area contributed by atoms with Gasteiger partial charge in [-0.2, -0.15) is 4.39 Å². The van der Waals surface area contributed by atoms with Crippen molar-refractivity contribution in [3.05, 3.63) is 102 Å². The van der Waals surface area contributed by atoms with Crippen molar-refractivity contribution in [3.63, 3.8) is 0 Å². The number of rotatable bonds is 7. The Bertz CT molecular complexity index is 1090. The summed E-state index contributed by atoms with van der Waals surface area (Å²) < 4.78 is 47.9. The minimum atomic E-state index is -4.11. The van der Waals surface area contributed by atoms with E-state index in [0.29, 0.717) is 16.9 Å². The van der Waals surface area contributed by atoms with E-state index in [4.69, 9.17) is 4.74 Å². The molecule has 150 valence electrons. The Labute approximate surface area is 170 Å². The van der Waals surface area contributed by atoms with Gasteiger partial charge in [-0.25, -0.2) is 12.7 Å². The Kier molecular flexibility index (Phi) is 6.34. The van der Waals surface area contributed by atoms with E-state index in [1.165, 1.54) is 25.3 Å². The standard InChI is InChI=1S/C23H22FNO3S/c1-18-12-14-21(15-13-18)29(26,27)25(17-19-8-4-3-5-9-19)23(24)16-20-10-6-7-11-22(20)28-2/h3-16H,17H2,1-2H3/b23-16-. The Morgan fingerprint density at radius 3 is 2.24 bits per heavy atom. The monoisotopic (exact) mass is 411 g/mol. The highest BCUT2D eigenvalue weighted by Crippen LogP contribution is 2.28. The maximum Gasteiger partial charge on any atom is 0.266 e. The van der Waals surface area contributed by atoms with Gasteiger partial charge in [0.05, 0.1) is 18.6 Å². The summed E-state index contributed by atoms with van der Waals surface area (Å²) in [6.45, 7) is 1.73. The number of methoxy groups -OCH3 is 1. The smallest absolute Gasteiger partial charge is 0.266 e. The van der Waals surface area contributed by atoms with E-state index < -0.39 is 16.0 Å². The number of para-hydroxylation sites is 1. The van der Waals surface area contributed by atoms with E-state index in [1.54, 1.807) is 60.7 Å². The Morgan fingerprint density at radius 2 is 1.59 bits per heavy atom. The summed E-state index contributed by atoms with van der Waals surface area (Å²) in [4.78, 5) is 0.0302. The van der Waals surface area contributed by atoms with Crippen LogP contribution in [-0.2, 0) is 16.6 Å². The van der Waals surface area contributed by atoms with Gasteiger partial charge in [-0.3, -0.25) is 0 Å². The molecule has 3 aromatic carbocycles. The topological polar surface area (TPSA) is 46.6 Å². The summed E-state index contributed by atoms with van der Waals surface area (Å²) in [7, 11) is -2.62. The minimum absolute atomic E-state index is 0.0302. The Balaban J connectivity index is 2.07. The summed E-state index contributed by atoms with van der Waals surface area (Å²) in [5, 5.41) is 0. The van der Waals surface area contributed by atoms with Gasteiger partial charge >= 0.3 is 0 Å². The zero-order chi connectivity index (χ0) is 20.9. The van der Waals surface area contributed by atoms with Gasteiger partial charge in [0.25, 0.3) is 10.0 Å². The van der Waals surface area contributed by atoms with E-state index in [2.05, 4.69) is 0 Å². The summed E-state index contributed by atoms with van der Waals surface area (Å²) in [6, 6.07) is 22.1. The van der Waals surface area contributed by atoms with E-state index in [9.17, 15) is 8.42 Å². The van der Waals surface area contributed by atoms with Gasteiger partial charge in [0, 0.05) is 11.6 Å². The number of nitrogens with zero attached hydrogens (tertiary/aromatic N) is 1. The van der Waals surface area contributed by atoms with Crippen molar-refractivity contribution in [1.82, 2.24) is 4.31 Å². The van der Waals surface area contributed by atoms with Crippen LogP contribution in [0.4, 0.5) is 4.39 Å². The number of sulfonamides is 1. The first-order valence-electron chi connectivity index (χ1n) is 9.05. The third-order valence-corrected chi connectivity index (χ3v) is 6.18. The highest BCUT2D eigenvalue weighted by Gasteiger charge is 2.27. The molecule has 0 saturated heterocycles. The molecule has 0 N–H and O–H groups in total. The molecule has 0 heterocycles. The highest BCUT2D eigenvalue weighted by atomic mass is 32.2. The largest absolute Gasteiger partial charge is 0.496 e. The van der Waals surface area contributed by atoms with Crippen LogP contribution in [0.2, 0.25) is 0 Å². The number of hydrogen-bond donors (Lipinski definition) is 0. The van der Waals surface area contributed by atoms with Crippen molar-refractivity contribution in [2.24, 2.45) is 0 Å². The lowest BCUT2D eigenvalue weighted by Crippen LogP contribution is -2.28. The molecule has 0 aliphatic heterocycles. The highest BCUT2D eigenvalue weighted by molar-refractivity contribution is 7.89. The molecule has 0 fully saturated rings. The molecule has 3 aromatic rings. The number of halogens is 1. The van der Waals surface area contributed by atoms with Gasteiger partial charge in [0.2, 0.25) is 5.95 Å². The minimum Gasteiger partial charge on any atom is -0.496 e. The molecule has 0 radical (unpaired) electrons.